The van der Waals surface area contributed by atoms with Crippen molar-refractivity contribution in [1.29, 1.82) is 0 Å². The second kappa shape index (κ2) is 8.85. The average molecular weight is 333 g/mol. The number of fused-ring (bicyclic) bond motifs is 1. The first-order valence-corrected chi connectivity index (χ1v) is 9.47. The van der Waals surface area contributed by atoms with Crippen molar-refractivity contribution in [3.8, 4) is 0 Å². The molecule has 0 heterocycles. The fraction of sp³-hybridized carbons (Fsp3) is 0.360. The summed E-state index contributed by atoms with van der Waals surface area (Å²) in [6.07, 6.45) is 0. The first kappa shape index (κ1) is 19.2. The molecule has 0 unspecified atom stereocenters. The summed E-state index contributed by atoms with van der Waals surface area (Å²) in [4.78, 5) is 0. The van der Waals surface area contributed by atoms with Crippen molar-refractivity contribution >= 4 is 10.8 Å². The number of hydrogen-bond acceptors (Lipinski definition) is 0. The minimum absolute atomic E-state index is 0.615. The lowest BCUT2D eigenvalue weighted by molar-refractivity contribution is 0.834. The Hall–Kier alpha value is -2.08. The topological polar surface area (TPSA) is 0 Å². The standard InChI is InChI=1S/C13H14.C12H18/c1-10(2)12-8-7-11-5-3-4-6-13(11)9-12;1-9(2)11-6-5-7-12(8-11)10(3)4/h3-10H,1-2H3;5-10H,1-4H3. The lowest BCUT2D eigenvalue weighted by atomic mass is 9.96. The van der Waals surface area contributed by atoms with Gasteiger partial charge in [-0.1, -0.05) is 108 Å². The first-order valence-electron chi connectivity index (χ1n) is 9.47. The van der Waals surface area contributed by atoms with E-state index in [0.29, 0.717) is 17.8 Å². The molecule has 0 aliphatic rings. The highest BCUT2D eigenvalue weighted by Crippen LogP contribution is 2.21. The largest absolute Gasteiger partial charge is 0.0617 e. The molecule has 0 spiro atoms. The SMILES string of the molecule is CC(C)c1ccc2ccccc2c1.CC(C)c1cccc(C(C)C)c1. The third-order valence-electron chi connectivity index (χ3n) is 4.68. The maximum atomic E-state index is 2.31. The second-order valence-corrected chi connectivity index (χ2v) is 7.74. The highest BCUT2D eigenvalue weighted by molar-refractivity contribution is 5.83. The van der Waals surface area contributed by atoms with Crippen molar-refractivity contribution in [3.05, 3.63) is 83.4 Å². The van der Waals surface area contributed by atoms with Crippen LogP contribution in [0.5, 0.6) is 0 Å². The Bertz CT molecular complexity index is 771. The third-order valence-corrected chi connectivity index (χ3v) is 4.68. The predicted octanol–water partition coefficient (Wildman–Crippen LogP) is 7.90. The van der Waals surface area contributed by atoms with Gasteiger partial charge in [0.25, 0.3) is 0 Å². The Balaban J connectivity index is 0.000000181. The molecule has 0 nitrogen and oxygen atoms in total. The van der Waals surface area contributed by atoms with E-state index in [0.717, 1.165) is 0 Å². The minimum atomic E-state index is 0.615. The number of benzene rings is 3. The molecule has 3 rings (SSSR count). The summed E-state index contributed by atoms with van der Waals surface area (Å²) in [5.74, 6) is 1.90. The van der Waals surface area contributed by atoms with E-state index in [1.165, 1.54) is 27.5 Å². The molecule has 0 N–H and O–H groups in total. The van der Waals surface area contributed by atoms with Crippen LogP contribution in [0.15, 0.2) is 66.7 Å². The molecule has 0 radical (unpaired) electrons. The Kier molecular flexibility index (Phi) is 6.82. The molecule has 3 aromatic carbocycles. The summed E-state index contributed by atoms with van der Waals surface area (Å²) in [5, 5.41) is 2.67. The zero-order valence-corrected chi connectivity index (χ0v) is 16.6. The van der Waals surface area contributed by atoms with Crippen molar-refractivity contribution in [2.75, 3.05) is 0 Å². The normalized spacial score (nSPS) is 11.1. The maximum absolute atomic E-state index is 2.31. The van der Waals surface area contributed by atoms with Crippen LogP contribution >= 0.6 is 0 Å². The molecular weight excluding hydrogens is 300 g/mol. The summed E-state index contributed by atoms with van der Waals surface area (Å²) in [5.41, 5.74) is 4.31. The van der Waals surface area contributed by atoms with Crippen LogP contribution in [-0.4, -0.2) is 0 Å². The lowest BCUT2D eigenvalue weighted by Gasteiger charge is -2.09. The van der Waals surface area contributed by atoms with E-state index in [9.17, 15) is 0 Å². The number of hydrogen-bond donors (Lipinski definition) is 0. The molecule has 0 saturated heterocycles. The molecular formula is C25H32. The van der Waals surface area contributed by atoms with Gasteiger partial charge in [-0.3, -0.25) is 0 Å². The zero-order chi connectivity index (χ0) is 18.4. The van der Waals surface area contributed by atoms with Gasteiger partial charge < -0.3 is 0 Å². The van der Waals surface area contributed by atoms with Crippen LogP contribution in [0.1, 0.15) is 76.0 Å². The molecule has 0 saturated carbocycles. The van der Waals surface area contributed by atoms with Crippen molar-refractivity contribution in [2.24, 2.45) is 0 Å². The molecule has 0 amide bonds. The third kappa shape index (κ3) is 5.46. The van der Waals surface area contributed by atoms with Crippen LogP contribution in [0.2, 0.25) is 0 Å². The summed E-state index contributed by atoms with van der Waals surface area (Å²) >= 11 is 0. The average Bonchev–Trinajstić information content (AvgIpc) is 2.61. The fourth-order valence-electron chi connectivity index (χ4n) is 2.84. The smallest absolute Gasteiger partial charge is 0.0181 e. The van der Waals surface area contributed by atoms with E-state index in [1.807, 2.05) is 0 Å². The van der Waals surface area contributed by atoms with Crippen molar-refractivity contribution in [3.63, 3.8) is 0 Å². The summed E-state index contributed by atoms with van der Waals surface area (Å²) in [7, 11) is 0. The Morgan fingerprint density at radius 1 is 0.440 bits per heavy atom. The molecule has 0 aliphatic carbocycles. The van der Waals surface area contributed by atoms with Gasteiger partial charge in [-0.2, -0.15) is 0 Å². The zero-order valence-electron chi connectivity index (χ0n) is 16.6. The quantitative estimate of drug-likeness (QED) is 0.457. The second-order valence-electron chi connectivity index (χ2n) is 7.74. The van der Waals surface area contributed by atoms with Gasteiger partial charge in [-0.15, -0.1) is 0 Å². The van der Waals surface area contributed by atoms with Gasteiger partial charge >= 0.3 is 0 Å². The first-order chi connectivity index (χ1) is 11.9. The van der Waals surface area contributed by atoms with E-state index in [4.69, 9.17) is 0 Å². The van der Waals surface area contributed by atoms with Crippen LogP contribution in [0, 0.1) is 0 Å². The molecule has 3 aromatic rings. The molecule has 25 heavy (non-hydrogen) atoms. The Morgan fingerprint density at radius 2 is 0.920 bits per heavy atom. The summed E-state index contributed by atoms with van der Waals surface area (Å²) < 4.78 is 0. The number of rotatable bonds is 3. The van der Waals surface area contributed by atoms with E-state index in [1.54, 1.807) is 0 Å². The van der Waals surface area contributed by atoms with E-state index >= 15 is 0 Å². The van der Waals surface area contributed by atoms with Crippen LogP contribution in [0.4, 0.5) is 0 Å². The van der Waals surface area contributed by atoms with Gasteiger partial charge in [-0.25, -0.2) is 0 Å². The van der Waals surface area contributed by atoms with Crippen LogP contribution < -0.4 is 0 Å². The van der Waals surface area contributed by atoms with Crippen molar-refractivity contribution < 1.29 is 0 Å². The van der Waals surface area contributed by atoms with Gasteiger partial charge in [-0.05, 0) is 45.2 Å². The van der Waals surface area contributed by atoms with Crippen LogP contribution in [0.25, 0.3) is 10.8 Å². The van der Waals surface area contributed by atoms with Gasteiger partial charge in [0.05, 0.1) is 0 Å². The van der Waals surface area contributed by atoms with Gasteiger partial charge in [0.2, 0.25) is 0 Å². The molecule has 132 valence electrons. The van der Waals surface area contributed by atoms with E-state index in [-0.39, 0.29) is 0 Å². The van der Waals surface area contributed by atoms with Crippen molar-refractivity contribution in [2.45, 2.75) is 59.3 Å². The van der Waals surface area contributed by atoms with Gasteiger partial charge in [0, 0.05) is 0 Å². The monoisotopic (exact) mass is 332 g/mol. The van der Waals surface area contributed by atoms with E-state index in [2.05, 4.69) is 108 Å². The van der Waals surface area contributed by atoms with Gasteiger partial charge in [0.1, 0.15) is 0 Å². The van der Waals surface area contributed by atoms with Crippen LogP contribution in [-0.2, 0) is 0 Å². The summed E-state index contributed by atoms with van der Waals surface area (Å²) in [6.45, 7) is 13.4. The molecule has 0 heteroatoms. The van der Waals surface area contributed by atoms with Crippen LogP contribution in [0.3, 0.4) is 0 Å². The molecule has 0 fully saturated rings. The molecule has 0 aliphatic heterocycles. The molecule has 0 atom stereocenters. The molecule has 0 aromatic heterocycles. The minimum Gasteiger partial charge on any atom is -0.0617 e. The fourth-order valence-corrected chi connectivity index (χ4v) is 2.84. The van der Waals surface area contributed by atoms with Gasteiger partial charge in [0.15, 0.2) is 0 Å². The maximum Gasteiger partial charge on any atom is -0.0181 e. The summed E-state index contributed by atoms with van der Waals surface area (Å²) in [6, 6.07) is 24.1. The highest BCUT2D eigenvalue weighted by atomic mass is 14.1. The predicted molar refractivity (Wildman–Crippen MR) is 113 cm³/mol. The van der Waals surface area contributed by atoms with Crippen molar-refractivity contribution in [1.82, 2.24) is 0 Å². The Morgan fingerprint density at radius 3 is 1.44 bits per heavy atom. The highest BCUT2D eigenvalue weighted by Gasteiger charge is 2.02. The lowest BCUT2D eigenvalue weighted by Crippen LogP contribution is -1.91. The molecule has 0 bridgehead atoms. The van der Waals surface area contributed by atoms with E-state index < -0.39 is 0 Å². The Labute approximate surface area is 153 Å².